The molecule has 0 atom stereocenters. The highest BCUT2D eigenvalue weighted by Gasteiger charge is 2.32. The van der Waals surface area contributed by atoms with Crippen molar-refractivity contribution in [3.05, 3.63) is 40.8 Å². The van der Waals surface area contributed by atoms with Crippen molar-refractivity contribution >= 4 is 27.5 Å². The normalized spacial score (nSPS) is 15.3. The minimum absolute atomic E-state index is 0.0869. The van der Waals surface area contributed by atoms with Crippen molar-refractivity contribution in [2.24, 2.45) is 5.92 Å². The van der Waals surface area contributed by atoms with Crippen LogP contribution in [0.3, 0.4) is 0 Å². The Morgan fingerprint density at radius 1 is 1.55 bits per heavy atom. The summed E-state index contributed by atoms with van der Waals surface area (Å²) in [6.45, 7) is 4.47. The molecule has 1 aromatic carbocycles. The molecule has 0 unspecified atom stereocenters. The van der Waals surface area contributed by atoms with Gasteiger partial charge in [0, 0.05) is 36.0 Å². The number of sulfonamides is 1. The van der Waals surface area contributed by atoms with Crippen LogP contribution in [0.5, 0.6) is 5.75 Å². The van der Waals surface area contributed by atoms with Gasteiger partial charge < -0.3 is 9.64 Å². The molecule has 120 valence electrons. The van der Waals surface area contributed by atoms with Gasteiger partial charge in [-0.05, 0) is 18.2 Å². The molecule has 0 bridgehead atoms. The fourth-order valence-electron chi connectivity index (χ4n) is 2.18. The smallest absolute Gasteiger partial charge is 0.257 e. The van der Waals surface area contributed by atoms with E-state index in [9.17, 15) is 13.2 Å². The lowest BCUT2D eigenvalue weighted by molar-refractivity contribution is 0.0507. The first-order valence-electron chi connectivity index (χ1n) is 6.61. The third kappa shape index (κ3) is 3.79. The summed E-state index contributed by atoms with van der Waals surface area (Å²) >= 11 is 5.92. The van der Waals surface area contributed by atoms with E-state index in [2.05, 4.69) is 11.3 Å². The summed E-state index contributed by atoms with van der Waals surface area (Å²) in [4.78, 5) is 14.0. The maximum absolute atomic E-state index is 12.4. The summed E-state index contributed by atoms with van der Waals surface area (Å²) in [6.07, 6.45) is 0. The number of nitrogens with zero attached hydrogens (tertiary/aromatic N) is 1. The number of likely N-dealkylation sites (tertiary alicyclic amines) is 1. The molecule has 0 saturated carbocycles. The number of amides is 1. The molecule has 22 heavy (non-hydrogen) atoms. The maximum Gasteiger partial charge on any atom is 0.257 e. The second-order valence-electron chi connectivity index (χ2n) is 4.98. The molecule has 1 aliphatic rings. The number of rotatable bonds is 6. The van der Waals surface area contributed by atoms with Crippen LogP contribution in [-0.4, -0.2) is 46.0 Å². The topological polar surface area (TPSA) is 75.7 Å². The highest BCUT2D eigenvalue weighted by Crippen LogP contribution is 2.27. The molecule has 1 heterocycles. The van der Waals surface area contributed by atoms with E-state index in [0.717, 1.165) is 5.41 Å². The number of hydrogen-bond donors (Lipinski definition) is 1. The van der Waals surface area contributed by atoms with Gasteiger partial charge >= 0.3 is 0 Å². The number of carbonyl (C=O) groups excluding carboxylic acids is 1. The van der Waals surface area contributed by atoms with E-state index < -0.39 is 10.0 Å². The van der Waals surface area contributed by atoms with Crippen LogP contribution in [0.15, 0.2) is 30.2 Å². The van der Waals surface area contributed by atoms with Gasteiger partial charge in [0.25, 0.3) is 5.91 Å². The summed E-state index contributed by atoms with van der Waals surface area (Å²) in [5.74, 6) is 0.372. The number of nitrogens with one attached hydrogen (secondary N) is 1. The minimum Gasteiger partial charge on any atom is -0.496 e. The lowest BCUT2D eigenvalue weighted by Gasteiger charge is -2.39. The van der Waals surface area contributed by atoms with Gasteiger partial charge in [0.1, 0.15) is 5.75 Å². The van der Waals surface area contributed by atoms with E-state index in [1.807, 2.05) is 0 Å². The lowest BCUT2D eigenvalue weighted by Crippen LogP contribution is -2.53. The van der Waals surface area contributed by atoms with E-state index in [1.165, 1.54) is 7.11 Å². The number of carbonyl (C=O) groups is 1. The molecule has 1 fully saturated rings. The Balaban J connectivity index is 1.95. The third-order valence-electron chi connectivity index (χ3n) is 3.43. The minimum atomic E-state index is -3.42. The molecule has 1 aliphatic heterocycles. The Hall–Kier alpha value is -1.57. The van der Waals surface area contributed by atoms with Crippen LogP contribution in [0.25, 0.3) is 0 Å². The van der Waals surface area contributed by atoms with Gasteiger partial charge in [-0.3, -0.25) is 4.79 Å². The summed E-state index contributed by atoms with van der Waals surface area (Å²) < 4.78 is 30.1. The predicted octanol–water partition coefficient (Wildman–Crippen LogP) is 1.48. The van der Waals surface area contributed by atoms with Crippen molar-refractivity contribution in [3.8, 4) is 5.75 Å². The van der Waals surface area contributed by atoms with E-state index in [-0.39, 0.29) is 18.4 Å². The van der Waals surface area contributed by atoms with Gasteiger partial charge in [-0.1, -0.05) is 18.2 Å². The summed E-state index contributed by atoms with van der Waals surface area (Å²) in [7, 11) is -1.93. The Morgan fingerprint density at radius 2 is 2.23 bits per heavy atom. The van der Waals surface area contributed by atoms with E-state index >= 15 is 0 Å². The quantitative estimate of drug-likeness (QED) is 0.848. The number of halogens is 1. The van der Waals surface area contributed by atoms with E-state index in [4.69, 9.17) is 16.3 Å². The van der Waals surface area contributed by atoms with Crippen molar-refractivity contribution in [1.82, 2.24) is 9.62 Å². The first-order valence-corrected chi connectivity index (χ1v) is 8.53. The molecule has 0 radical (unpaired) electrons. The second kappa shape index (κ2) is 6.68. The summed E-state index contributed by atoms with van der Waals surface area (Å²) in [6, 6.07) is 4.86. The molecule has 0 spiro atoms. The van der Waals surface area contributed by atoms with Crippen LogP contribution in [0.1, 0.15) is 10.4 Å². The van der Waals surface area contributed by atoms with E-state index in [0.29, 0.717) is 29.4 Å². The zero-order valence-electron chi connectivity index (χ0n) is 12.1. The highest BCUT2D eigenvalue weighted by atomic mass is 35.5. The van der Waals surface area contributed by atoms with Crippen molar-refractivity contribution in [1.29, 1.82) is 0 Å². The Bertz CT molecular complexity index is 684. The SMILES string of the molecule is C=CS(=O)(=O)NCC1CN(C(=O)c2cc(Cl)ccc2OC)C1. The van der Waals surface area contributed by atoms with Crippen molar-refractivity contribution < 1.29 is 17.9 Å². The molecule has 1 N–H and O–H groups in total. The lowest BCUT2D eigenvalue weighted by atomic mass is 9.99. The second-order valence-corrected chi connectivity index (χ2v) is 7.13. The van der Waals surface area contributed by atoms with Crippen LogP contribution in [0.4, 0.5) is 0 Å². The zero-order chi connectivity index (χ0) is 16.3. The summed E-state index contributed by atoms with van der Waals surface area (Å²) in [5.41, 5.74) is 0.403. The first-order chi connectivity index (χ1) is 10.4. The fraction of sp³-hybridized carbons (Fsp3) is 0.357. The van der Waals surface area contributed by atoms with Crippen LogP contribution in [-0.2, 0) is 10.0 Å². The first kappa shape index (κ1) is 16.8. The summed E-state index contributed by atoms with van der Waals surface area (Å²) in [5, 5.41) is 1.32. The van der Waals surface area contributed by atoms with Gasteiger partial charge in [-0.15, -0.1) is 0 Å². The van der Waals surface area contributed by atoms with Gasteiger partial charge in [-0.25, -0.2) is 13.1 Å². The largest absolute Gasteiger partial charge is 0.496 e. The highest BCUT2D eigenvalue weighted by molar-refractivity contribution is 7.92. The van der Waals surface area contributed by atoms with Crippen molar-refractivity contribution in [2.75, 3.05) is 26.7 Å². The Labute approximate surface area is 134 Å². The molecule has 0 aromatic heterocycles. The maximum atomic E-state index is 12.4. The van der Waals surface area contributed by atoms with Crippen molar-refractivity contribution in [3.63, 3.8) is 0 Å². The molecule has 6 nitrogen and oxygen atoms in total. The molecular weight excluding hydrogens is 328 g/mol. The van der Waals surface area contributed by atoms with Crippen LogP contribution < -0.4 is 9.46 Å². The zero-order valence-corrected chi connectivity index (χ0v) is 13.7. The molecular formula is C14H17ClN2O4S. The van der Waals surface area contributed by atoms with Gasteiger partial charge in [0.15, 0.2) is 0 Å². The Kier molecular flexibility index (Phi) is 5.10. The van der Waals surface area contributed by atoms with Gasteiger partial charge in [0.05, 0.1) is 12.7 Å². The van der Waals surface area contributed by atoms with Crippen molar-refractivity contribution in [2.45, 2.75) is 0 Å². The molecule has 1 amide bonds. The third-order valence-corrected chi connectivity index (χ3v) is 4.67. The monoisotopic (exact) mass is 344 g/mol. The number of benzene rings is 1. The number of ether oxygens (including phenoxy) is 1. The van der Waals surface area contributed by atoms with Crippen LogP contribution >= 0.6 is 11.6 Å². The van der Waals surface area contributed by atoms with E-state index in [1.54, 1.807) is 23.1 Å². The molecule has 1 aromatic rings. The number of methoxy groups -OCH3 is 1. The molecule has 2 rings (SSSR count). The fourth-order valence-corrected chi connectivity index (χ4v) is 2.93. The van der Waals surface area contributed by atoms with Gasteiger partial charge in [-0.2, -0.15) is 0 Å². The molecule has 8 heteroatoms. The van der Waals surface area contributed by atoms with Crippen LogP contribution in [0, 0.1) is 5.92 Å². The predicted molar refractivity (Wildman–Crippen MR) is 84.5 cm³/mol. The molecule has 1 saturated heterocycles. The standard InChI is InChI=1S/C14H17ClN2O4S/c1-3-22(19,20)16-7-10-8-17(9-10)14(18)12-6-11(15)4-5-13(12)21-2/h3-6,10,16H,1,7-9H2,2H3. The van der Waals surface area contributed by atoms with Gasteiger partial charge in [0.2, 0.25) is 10.0 Å². The Morgan fingerprint density at radius 3 is 2.82 bits per heavy atom. The average molecular weight is 345 g/mol. The number of hydrogen-bond acceptors (Lipinski definition) is 4. The molecule has 0 aliphatic carbocycles. The average Bonchev–Trinajstić information content (AvgIpc) is 2.45. The van der Waals surface area contributed by atoms with Crippen LogP contribution in [0.2, 0.25) is 5.02 Å².